The molecular formula is H12Al2FeO3. The van der Waals surface area contributed by atoms with Gasteiger partial charge in [-0.3, -0.25) is 0 Å². The van der Waals surface area contributed by atoms with E-state index in [4.69, 9.17) is 0 Å². The van der Waals surface area contributed by atoms with E-state index in [0.29, 0.717) is 0 Å². The van der Waals surface area contributed by atoms with Gasteiger partial charge in [0, 0.05) is 17.1 Å². The van der Waals surface area contributed by atoms with Crippen molar-refractivity contribution in [3.8, 4) is 0 Å². The van der Waals surface area contributed by atoms with Gasteiger partial charge in [0.15, 0.2) is 34.7 Å². The van der Waals surface area contributed by atoms with Crippen LogP contribution < -0.4 is 0 Å². The largest absolute Gasteiger partial charge is 0.412 e. The maximum atomic E-state index is 0. The maximum Gasteiger partial charge on any atom is 0.187 e. The molecule has 0 aromatic heterocycles. The third kappa shape index (κ3) is 50.8. The van der Waals surface area contributed by atoms with Gasteiger partial charge in [-0.1, -0.05) is 0 Å². The maximum absolute atomic E-state index is 0. The fourth-order valence-electron chi connectivity index (χ4n) is 0. The molecule has 0 saturated heterocycles. The minimum Gasteiger partial charge on any atom is -0.412 e. The first-order chi connectivity index (χ1) is 0. The first-order valence-electron chi connectivity index (χ1n) is 0. The second kappa shape index (κ2) is 90.0. The van der Waals surface area contributed by atoms with Gasteiger partial charge in [0.1, 0.15) is 0 Å². The van der Waals surface area contributed by atoms with Gasteiger partial charge in [-0.05, 0) is 0 Å². The third-order valence-corrected chi connectivity index (χ3v) is 0. The van der Waals surface area contributed by atoms with Crippen molar-refractivity contribution in [2.75, 3.05) is 0 Å². The number of rotatable bonds is 0. The molecule has 0 amide bonds. The molecule has 0 saturated carbocycles. The summed E-state index contributed by atoms with van der Waals surface area (Å²) in [6, 6.07) is 0. The molecule has 0 fully saturated rings. The summed E-state index contributed by atoms with van der Waals surface area (Å²) >= 11 is 0. The van der Waals surface area contributed by atoms with Gasteiger partial charge in [-0.2, -0.15) is 0 Å². The van der Waals surface area contributed by atoms with Crippen LogP contribution in [0.1, 0.15) is 0 Å². The summed E-state index contributed by atoms with van der Waals surface area (Å²) in [5.74, 6) is 0. The predicted octanol–water partition coefficient (Wildman–Crippen LogP) is -4.84. The minimum absolute atomic E-state index is 0. The van der Waals surface area contributed by atoms with Crippen molar-refractivity contribution in [3.05, 3.63) is 0 Å². The van der Waals surface area contributed by atoms with E-state index in [9.17, 15) is 0 Å². The van der Waals surface area contributed by atoms with Gasteiger partial charge in [-0.25, -0.2) is 0 Å². The summed E-state index contributed by atoms with van der Waals surface area (Å²) in [7, 11) is 0. The average molecular weight is 170 g/mol. The molecule has 0 aliphatic carbocycles. The second-order valence-electron chi connectivity index (χ2n) is 0. The van der Waals surface area contributed by atoms with E-state index in [2.05, 4.69) is 0 Å². The molecule has 0 atom stereocenters. The van der Waals surface area contributed by atoms with Crippen LogP contribution in [0.3, 0.4) is 0 Å². The Morgan fingerprint density at radius 2 is 0.500 bits per heavy atom. The molecule has 0 bridgehead atoms. The Labute approximate surface area is 68.2 Å². The molecule has 0 rings (SSSR count). The smallest absolute Gasteiger partial charge is 0.187 e. The van der Waals surface area contributed by atoms with E-state index in [1.807, 2.05) is 0 Å². The van der Waals surface area contributed by atoms with Gasteiger partial charge in [0.25, 0.3) is 0 Å². The Bertz CT molecular complexity index is 8.75. The normalized spacial score (nSPS) is 0. The fraction of sp³-hybridized carbons (Fsp3) is 0. The van der Waals surface area contributed by atoms with Crippen molar-refractivity contribution in [1.82, 2.24) is 0 Å². The summed E-state index contributed by atoms with van der Waals surface area (Å²) in [6.45, 7) is 0. The Morgan fingerprint density at radius 1 is 0.500 bits per heavy atom. The molecule has 0 aromatic carbocycles. The Hall–Kier alpha value is 1.46. The molecule has 6 N–H and O–H groups in total. The van der Waals surface area contributed by atoms with Crippen LogP contribution in [-0.2, 0) is 17.1 Å². The van der Waals surface area contributed by atoms with Crippen LogP contribution in [0.2, 0.25) is 0 Å². The summed E-state index contributed by atoms with van der Waals surface area (Å²) in [4.78, 5) is 0. The van der Waals surface area contributed by atoms with Crippen molar-refractivity contribution < 1.29 is 33.5 Å². The quantitative estimate of drug-likeness (QED) is 0.326. The molecule has 3 nitrogen and oxygen atoms in total. The van der Waals surface area contributed by atoms with E-state index in [1.165, 1.54) is 0 Å². The summed E-state index contributed by atoms with van der Waals surface area (Å²) < 4.78 is 0. The molecule has 0 aliphatic heterocycles. The topological polar surface area (TPSA) is 94.5 Å². The zero-order valence-electron chi connectivity index (χ0n) is 1.85. The van der Waals surface area contributed by atoms with Crippen LogP contribution in [0.4, 0.5) is 0 Å². The van der Waals surface area contributed by atoms with Gasteiger partial charge >= 0.3 is 0 Å². The first-order valence-corrected chi connectivity index (χ1v) is 0. The van der Waals surface area contributed by atoms with Crippen molar-refractivity contribution in [2.24, 2.45) is 0 Å². The van der Waals surface area contributed by atoms with Gasteiger partial charge in [-0.15, -0.1) is 0 Å². The Morgan fingerprint density at radius 3 is 0.500 bits per heavy atom. The van der Waals surface area contributed by atoms with Crippen molar-refractivity contribution in [3.63, 3.8) is 0 Å². The van der Waals surface area contributed by atoms with Crippen molar-refractivity contribution in [2.45, 2.75) is 0 Å². The third-order valence-electron chi connectivity index (χ3n) is 0. The van der Waals surface area contributed by atoms with Crippen LogP contribution in [0.15, 0.2) is 0 Å². The van der Waals surface area contributed by atoms with Gasteiger partial charge in [0.2, 0.25) is 0 Å². The molecule has 0 spiro atoms. The zero-order valence-corrected chi connectivity index (χ0v) is 2.96. The van der Waals surface area contributed by atoms with Crippen LogP contribution in [0.25, 0.3) is 0 Å². The molecule has 0 unspecified atom stereocenters. The van der Waals surface area contributed by atoms with Crippen molar-refractivity contribution >= 4 is 34.7 Å². The Balaban J connectivity index is 0. The monoisotopic (exact) mass is 170 g/mol. The van der Waals surface area contributed by atoms with E-state index < -0.39 is 0 Å². The molecule has 44 valence electrons. The van der Waals surface area contributed by atoms with Crippen LogP contribution in [0, 0.1) is 0 Å². The van der Waals surface area contributed by atoms with Crippen LogP contribution in [-0.4, -0.2) is 51.2 Å². The fourth-order valence-corrected chi connectivity index (χ4v) is 0. The molecule has 6 heteroatoms. The zero-order chi connectivity index (χ0) is 0. The van der Waals surface area contributed by atoms with E-state index in [0.717, 1.165) is 0 Å². The van der Waals surface area contributed by atoms with Gasteiger partial charge in [0.05, 0.1) is 0 Å². The molecule has 6 heavy (non-hydrogen) atoms. The van der Waals surface area contributed by atoms with E-state index >= 15 is 0 Å². The molecule has 0 aliphatic rings. The molecular weight excluding hydrogens is 158 g/mol. The number of hydrogen-bond acceptors (Lipinski definition) is 0. The average Bonchev–Trinajstić information content (AvgIpc) is 0. The van der Waals surface area contributed by atoms with E-state index in [-0.39, 0.29) is 68.2 Å². The van der Waals surface area contributed by atoms with E-state index in [1.54, 1.807) is 0 Å². The predicted molar refractivity (Wildman–Crippen MR) is 30.7 cm³/mol. The van der Waals surface area contributed by atoms with Gasteiger partial charge < -0.3 is 16.4 Å². The summed E-state index contributed by atoms with van der Waals surface area (Å²) in [5.41, 5.74) is 0. The standard InChI is InChI=1S/2Al.Fe.3H2O.6H/h;;;3*1H2;;;;;;. The second-order valence-corrected chi connectivity index (χ2v) is 0. The minimum atomic E-state index is 0. The molecule has 0 radical (unpaired) electrons. The molecule has 0 heterocycles. The van der Waals surface area contributed by atoms with Crippen LogP contribution >= 0.6 is 0 Å². The number of hydrogen-bond donors (Lipinski definition) is 0. The molecule has 0 aromatic rings. The Kier molecular flexibility index (Phi) is 2180. The SMILES string of the molecule is O.O.O.[AlH3].[AlH3].[Fe]. The first kappa shape index (κ1) is 145. The summed E-state index contributed by atoms with van der Waals surface area (Å²) in [6.07, 6.45) is 0. The van der Waals surface area contributed by atoms with Crippen LogP contribution in [0.5, 0.6) is 0 Å². The summed E-state index contributed by atoms with van der Waals surface area (Å²) in [5, 5.41) is 0. The van der Waals surface area contributed by atoms with Crippen molar-refractivity contribution in [1.29, 1.82) is 0 Å².